The summed E-state index contributed by atoms with van der Waals surface area (Å²) < 4.78 is 26.5. The lowest BCUT2D eigenvalue weighted by Gasteiger charge is -2.08. The molecule has 0 fully saturated rings. The lowest BCUT2D eigenvalue weighted by molar-refractivity contribution is 0.585. The number of hydrogen-bond acceptors (Lipinski definition) is 1. The first-order valence-corrected chi connectivity index (χ1v) is 6.44. The van der Waals surface area contributed by atoms with Crippen LogP contribution in [0, 0.1) is 11.6 Å². The normalized spacial score (nSPS) is 10.7. The van der Waals surface area contributed by atoms with Crippen molar-refractivity contribution in [3.05, 3.63) is 58.6 Å². The Hall–Kier alpha value is -1.45. The van der Waals surface area contributed by atoms with Gasteiger partial charge in [0.05, 0.1) is 0 Å². The zero-order valence-electron chi connectivity index (χ0n) is 10.5. The van der Waals surface area contributed by atoms with Crippen molar-refractivity contribution < 1.29 is 8.78 Å². The molecule has 0 unspecified atom stereocenters. The average Bonchev–Trinajstić information content (AvgIpc) is 2.37. The van der Waals surface area contributed by atoms with Gasteiger partial charge in [-0.1, -0.05) is 30.7 Å². The molecular weight excluding hydrogens is 268 g/mol. The Bertz CT molecular complexity index is 584. The summed E-state index contributed by atoms with van der Waals surface area (Å²) >= 11 is 6.16. The first-order valence-electron chi connectivity index (χ1n) is 6.06. The quantitative estimate of drug-likeness (QED) is 0.876. The van der Waals surface area contributed by atoms with Crippen molar-refractivity contribution in [1.82, 2.24) is 5.32 Å². The molecule has 0 aliphatic carbocycles. The van der Waals surface area contributed by atoms with E-state index in [4.69, 9.17) is 11.6 Å². The van der Waals surface area contributed by atoms with E-state index in [1.165, 1.54) is 12.1 Å². The molecule has 1 N–H and O–H groups in total. The fraction of sp³-hybridized carbons (Fsp3) is 0.200. The third kappa shape index (κ3) is 3.31. The molecule has 0 spiro atoms. The van der Waals surface area contributed by atoms with Crippen LogP contribution in [-0.4, -0.2) is 6.54 Å². The summed E-state index contributed by atoms with van der Waals surface area (Å²) in [6.45, 7) is 3.53. The molecule has 100 valence electrons. The van der Waals surface area contributed by atoms with Gasteiger partial charge in [-0.3, -0.25) is 0 Å². The van der Waals surface area contributed by atoms with Crippen LogP contribution in [0.25, 0.3) is 11.1 Å². The van der Waals surface area contributed by atoms with E-state index >= 15 is 0 Å². The van der Waals surface area contributed by atoms with E-state index in [-0.39, 0.29) is 0 Å². The predicted octanol–water partition coefficient (Wildman–Crippen LogP) is 4.39. The van der Waals surface area contributed by atoms with Crippen molar-refractivity contribution in [3.63, 3.8) is 0 Å². The van der Waals surface area contributed by atoms with Crippen molar-refractivity contribution in [2.24, 2.45) is 0 Å². The maximum Gasteiger partial charge on any atom is 0.133 e. The van der Waals surface area contributed by atoms with E-state index in [1.54, 1.807) is 12.1 Å². The van der Waals surface area contributed by atoms with E-state index in [9.17, 15) is 8.78 Å². The summed E-state index contributed by atoms with van der Waals surface area (Å²) in [6, 6.07) is 8.86. The van der Waals surface area contributed by atoms with Gasteiger partial charge in [-0.15, -0.1) is 0 Å². The summed E-state index contributed by atoms with van der Waals surface area (Å²) in [5.41, 5.74) is 1.94. The number of nitrogens with one attached hydrogen (secondary N) is 1. The minimum absolute atomic E-state index is 0.346. The van der Waals surface area contributed by atoms with Crippen molar-refractivity contribution in [1.29, 1.82) is 0 Å². The van der Waals surface area contributed by atoms with Gasteiger partial charge in [0.1, 0.15) is 11.6 Å². The fourth-order valence-corrected chi connectivity index (χ4v) is 2.09. The lowest BCUT2D eigenvalue weighted by Crippen LogP contribution is -2.11. The third-order valence-corrected chi connectivity index (χ3v) is 3.21. The third-order valence-electron chi connectivity index (χ3n) is 2.86. The standard InChI is InChI=1S/C15H14ClF2N/c1-2-19-9-11-4-3-10(7-14(11)16)13-6-5-12(17)8-15(13)18/h3-8,19H,2,9H2,1H3. The van der Waals surface area contributed by atoms with E-state index in [0.717, 1.165) is 18.2 Å². The summed E-state index contributed by atoms with van der Waals surface area (Å²) in [6.07, 6.45) is 0. The molecule has 0 aliphatic heterocycles. The summed E-state index contributed by atoms with van der Waals surface area (Å²) in [4.78, 5) is 0. The molecular formula is C15H14ClF2N. The van der Waals surface area contributed by atoms with Gasteiger partial charge in [-0.25, -0.2) is 8.78 Å². The van der Waals surface area contributed by atoms with Crippen LogP contribution in [0.1, 0.15) is 12.5 Å². The minimum Gasteiger partial charge on any atom is -0.313 e. The van der Waals surface area contributed by atoms with Crippen LogP contribution in [0.3, 0.4) is 0 Å². The maximum absolute atomic E-state index is 13.7. The lowest BCUT2D eigenvalue weighted by atomic mass is 10.0. The number of benzene rings is 2. The van der Waals surface area contributed by atoms with E-state index < -0.39 is 11.6 Å². The first-order chi connectivity index (χ1) is 9.11. The van der Waals surface area contributed by atoms with Crippen LogP contribution in [0.4, 0.5) is 8.78 Å². The Balaban J connectivity index is 2.33. The topological polar surface area (TPSA) is 12.0 Å². The van der Waals surface area contributed by atoms with Crippen LogP contribution in [0.5, 0.6) is 0 Å². The highest BCUT2D eigenvalue weighted by Gasteiger charge is 2.08. The molecule has 4 heteroatoms. The molecule has 0 saturated heterocycles. The minimum atomic E-state index is -0.588. The first kappa shape index (κ1) is 14.0. The zero-order chi connectivity index (χ0) is 13.8. The highest BCUT2D eigenvalue weighted by molar-refractivity contribution is 6.31. The molecule has 0 atom stereocenters. The molecule has 2 rings (SSSR count). The van der Waals surface area contributed by atoms with Crippen LogP contribution in [-0.2, 0) is 6.54 Å². The van der Waals surface area contributed by atoms with Crippen molar-refractivity contribution in [3.8, 4) is 11.1 Å². The Morgan fingerprint density at radius 3 is 2.53 bits per heavy atom. The average molecular weight is 282 g/mol. The Morgan fingerprint density at radius 1 is 1.11 bits per heavy atom. The highest BCUT2D eigenvalue weighted by Crippen LogP contribution is 2.28. The summed E-state index contributed by atoms with van der Waals surface area (Å²) in [7, 11) is 0. The van der Waals surface area contributed by atoms with Crippen LogP contribution < -0.4 is 5.32 Å². The van der Waals surface area contributed by atoms with Gasteiger partial charge in [0.25, 0.3) is 0 Å². The fourth-order valence-electron chi connectivity index (χ4n) is 1.84. The monoisotopic (exact) mass is 281 g/mol. The van der Waals surface area contributed by atoms with Gasteiger partial charge < -0.3 is 5.32 Å². The van der Waals surface area contributed by atoms with Crippen LogP contribution >= 0.6 is 11.6 Å². The van der Waals surface area contributed by atoms with Gasteiger partial charge >= 0.3 is 0 Å². The summed E-state index contributed by atoms with van der Waals surface area (Å²) in [5, 5.41) is 3.75. The second kappa shape index (κ2) is 6.13. The highest BCUT2D eigenvalue weighted by atomic mass is 35.5. The van der Waals surface area contributed by atoms with E-state index in [2.05, 4.69) is 5.32 Å². The summed E-state index contributed by atoms with van der Waals surface area (Å²) in [5.74, 6) is -1.17. The second-order valence-electron chi connectivity index (χ2n) is 4.21. The van der Waals surface area contributed by atoms with Gasteiger partial charge in [0.2, 0.25) is 0 Å². The Kier molecular flexibility index (Phi) is 4.51. The zero-order valence-corrected chi connectivity index (χ0v) is 11.3. The molecule has 2 aromatic carbocycles. The largest absolute Gasteiger partial charge is 0.313 e. The maximum atomic E-state index is 13.7. The molecule has 0 amide bonds. The molecule has 1 nitrogen and oxygen atoms in total. The van der Waals surface area contributed by atoms with Crippen molar-refractivity contribution in [2.75, 3.05) is 6.54 Å². The molecule has 0 saturated carbocycles. The Morgan fingerprint density at radius 2 is 1.89 bits per heavy atom. The van der Waals surface area contributed by atoms with Crippen LogP contribution in [0.15, 0.2) is 36.4 Å². The molecule has 0 aromatic heterocycles. The van der Waals surface area contributed by atoms with Gasteiger partial charge in [0.15, 0.2) is 0 Å². The number of rotatable bonds is 4. The predicted molar refractivity (Wildman–Crippen MR) is 74.2 cm³/mol. The molecule has 0 heterocycles. The smallest absolute Gasteiger partial charge is 0.133 e. The van der Waals surface area contributed by atoms with Gasteiger partial charge in [-0.2, -0.15) is 0 Å². The number of halogens is 3. The van der Waals surface area contributed by atoms with Gasteiger partial charge in [0, 0.05) is 23.2 Å². The van der Waals surface area contributed by atoms with Gasteiger partial charge in [-0.05, 0) is 35.9 Å². The second-order valence-corrected chi connectivity index (χ2v) is 4.62. The number of hydrogen-bond donors (Lipinski definition) is 1. The van der Waals surface area contributed by atoms with E-state index in [1.807, 2.05) is 13.0 Å². The SMILES string of the molecule is CCNCc1ccc(-c2ccc(F)cc2F)cc1Cl. The molecule has 0 radical (unpaired) electrons. The van der Waals surface area contributed by atoms with Crippen LogP contribution in [0.2, 0.25) is 5.02 Å². The van der Waals surface area contributed by atoms with Crippen molar-refractivity contribution >= 4 is 11.6 Å². The molecule has 2 aromatic rings. The Labute approximate surface area is 116 Å². The molecule has 0 bridgehead atoms. The molecule has 0 aliphatic rings. The van der Waals surface area contributed by atoms with E-state index in [0.29, 0.717) is 22.7 Å². The molecule has 19 heavy (non-hydrogen) atoms. The van der Waals surface area contributed by atoms with Crippen molar-refractivity contribution in [2.45, 2.75) is 13.5 Å².